The SMILES string of the molecule is O=C1NC(=O)C(c2cccc3cc(Br)cnc23)C1Cl. The second kappa shape index (κ2) is 4.58. The first-order chi connectivity index (χ1) is 9.08. The summed E-state index contributed by atoms with van der Waals surface area (Å²) >= 11 is 9.37. The largest absolute Gasteiger partial charge is 0.295 e. The Kier molecular flexibility index (Phi) is 3.03. The minimum Gasteiger partial charge on any atom is -0.295 e. The van der Waals surface area contributed by atoms with Gasteiger partial charge in [0, 0.05) is 16.1 Å². The number of carbonyl (C=O) groups is 2. The summed E-state index contributed by atoms with van der Waals surface area (Å²) in [6.07, 6.45) is 1.66. The van der Waals surface area contributed by atoms with Crippen molar-refractivity contribution in [3.8, 4) is 0 Å². The van der Waals surface area contributed by atoms with Crippen molar-refractivity contribution in [2.75, 3.05) is 0 Å². The predicted molar refractivity (Wildman–Crippen MR) is 75.0 cm³/mol. The number of pyridine rings is 1. The van der Waals surface area contributed by atoms with Crippen LogP contribution in [0.4, 0.5) is 0 Å². The Hall–Kier alpha value is -1.46. The van der Waals surface area contributed by atoms with Gasteiger partial charge in [-0.1, -0.05) is 18.2 Å². The van der Waals surface area contributed by atoms with E-state index in [1.165, 1.54) is 0 Å². The molecule has 1 N–H and O–H groups in total. The first-order valence-electron chi connectivity index (χ1n) is 5.61. The van der Waals surface area contributed by atoms with Gasteiger partial charge in [0.15, 0.2) is 0 Å². The van der Waals surface area contributed by atoms with Crippen molar-refractivity contribution < 1.29 is 9.59 Å². The van der Waals surface area contributed by atoms with Crippen LogP contribution >= 0.6 is 27.5 Å². The van der Waals surface area contributed by atoms with E-state index in [0.29, 0.717) is 11.1 Å². The highest BCUT2D eigenvalue weighted by atomic mass is 79.9. The predicted octanol–water partition coefficient (Wildman–Crippen LogP) is 2.34. The van der Waals surface area contributed by atoms with Crippen molar-refractivity contribution in [2.24, 2.45) is 0 Å². The number of alkyl halides is 1. The summed E-state index contributed by atoms with van der Waals surface area (Å²) in [5, 5.41) is 2.25. The van der Waals surface area contributed by atoms with Gasteiger partial charge in [-0.3, -0.25) is 19.9 Å². The van der Waals surface area contributed by atoms with E-state index in [1.807, 2.05) is 18.2 Å². The molecule has 1 aliphatic rings. The molecule has 1 fully saturated rings. The summed E-state index contributed by atoms with van der Waals surface area (Å²) in [5.74, 6) is -1.51. The summed E-state index contributed by atoms with van der Waals surface area (Å²) in [5.41, 5.74) is 1.36. The fraction of sp³-hybridized carbons (Fsp3) is 0.154. The molecule has 1 saturated heterocycles. The van der Waals surface area contributed by atoms with Crippen LogP contribution in [-0.4, -0.2) is 22.2 Å². The molecule has 1 aliphatic heterocycles. The molecular formula is C13H8BrClN2O2. The van der Waals surface area contributed by atoms with Crippen molar-refractivity contribution in [1.82, 2.24) is 10.3 Å². The van der Waals surface area contributed by atoms with Gasteiger partial charge >= 0.3 is 0 Å². The lowest BCUT2D eigenvalue weighted by atomic mass is 9.94. The summed E-state index contributed by atoms with van der Waals surface area (Å²) in [4.78, 5) is 27.6. The molecule has 0 spiro atoms. The van der Waals surface area contributed by atoms with Gasteiger partial charge < -0.3 is 0 Å². The second-order valence-electron chi connectivity index (χ2n) is 4.31. The van der Waals surface area contributed by atoms with Crippen LogP contribution in [-0.2, 0) is 9.59 Å². The minimum atomic E-state index is -0.886. The molecule has 1 aromatic heterocycles. The number of carbonyl (C=O) groups excluding carboxylic acids is 2. The van der Waals surface area contributed by atoms with Crippen molar-refractivity contribution in [1.29, 1.82) is 0 Å². The molecule has 96 valence electrons. The number of hydrogen-bond acceptors (Lipinski definition) is 3. The molecule has 2 heterocycles. The first-order valence-corrected chi connectivity index (χ1v) is 6.84. The Morgan fingerprint density at radius 2 is 2.05 bits per heavy atom. The molecule has 0 saturated carbocycles. The minimum absolute atomic E-state index is 0.373. The van der Waals surface area contributed by atoms with Crippen molar-refractivity contribution in [2.45, 2.75) is 11.3 Å². The Morgan fingerprint density at radius 3 is 2.74 bits per heavy atom. The zero-order chi connectivity index (χ0) is 13.6. The molecule has 19 heavy (non-hydrogen) atoms. The van der Waals surface area contributed by atoms with Crippen LogP contribution in [0, 0.1) is 0 Å². The van der Waals surface area contributed by atoms with Crippen molar-refractivity contribution in [3.05, 3.63) is 40.5 Å². The zero-order valence-electron chi connectivity index (χ0n) is 9.56. The number of rotatable bonds is 1. The Balaban J connectivity index is 2.20. The van der Waals surface area contributed by atoms with E-state index in [0.717, 1.165) is 9.86 Å². The standard InChI is InChI=1S/C13H8BrClN2O2/c14-7-4-6-2-1-3-8(11(6)16-5-7)9-10(15)13(19)17-12(9)18/h1-5,9-10H,(H,17,18,19). The number of halogens is 2. The fourth-order valence-corrected chi connectivity index (χ4v) is 2.91. The molecule has 1 aromatic carbocycles. The number of para-hydroxylation sites is 1. The van der Waals surface area contributed by atoms with E-state index in [4.69, 9.17) is 11.6 Å². The van der Waals surface area contributed by atoms with Gasteiger partial charge in [0.25, 0.3) is 0 Å². The van der Waals surface area contributed by atoms with E-state index in [2.05, 4.69) is 26.2 Å². The lowest BCUT2D eigenvalue weighted by Crippen LogP contribution is -2.22. The molecular weight excluding hydrogens is 332 g/mol. The van der Waals surface area contributed by atoms with Gasteiger partial charge in [-0.05, 0) is 27.6 Å². The molecule has 3 rings (SSSR count). The number of benzene rings is 1. The molecule has 2 amide bonds. The van der Waals surface area contributed by atoms with E-state index >= 15 is 0 Å². The van der Waals surface area contributed by atoms with Crippen LogP contribution in [0.5, 0.6) is 0 Å². The van der Waals surface area contributed by atoms with E-state index in [9.17, 15) is 9.59 Å². The lowest BCUT2D eigenvalue weighted by molar-refractivity contribution is -0.125. The quantitative estimate of drug-likeness (QED) is 0.641. The lowest BCUT2D eigenvalue weighted by Gasteiger charge is -2.12. The van der Waals surface area contributed by atoms with Gasteiger partial charge in [-0.15, -0.1) is 11.6 Å². The molecule has 0 radical (unpaired) electrons. The smallest absolute Gasteiger partial charge is 0.245 e. The van der Waals surface area contributed by atoms with Gasteiger partial charge in [-0.25, -0.2) is 0 Å². The monoisotopic (exact) mass is 338 g/mol. The number of fused-ring (bicyclic) bond motifs is 1. The normalized spacial score (nSPS) is 22.8. The average molecular weight is 340 g/mol. The average Bonchev–Trinajstić information content (AvgIpc) is 2.62. The molecule has 0 bridgehead atoms. The number of nitrogens with zero attached hydrogens (tertiary/aromatic N) is 1. The number of amides is 2. The maximum absolute atomic E-state index is 11.9. The van der Waals surface area contributed by atoms with Crippen LogP contribution < -0.4 is 5.32 Å². The number of aromatic nitrogens is 1. The molecule has 0 aliphatic carbocycles. The third kappa shape index (κ3) is 2.03. The number of nitrogens with one attached hydrogen (secondary N) is 1. The molecule has 2 atom stereocenters. The second-order valence-corrected chi connectivity index (χ2v) is 5.69. The summed E-state index contributed by atoms with van der Waals surface area (Å²) < 4.78 is 0.853. The summed E-state index contributed by atoms with van der Waals surface area (Å²) in [6, 6.07) is 7.41. The highest BCUT2D eigenvalue weighted by molar-refractivity contribution is 9.10. The van der Waals surface area contributed by atoms with Crippen LogP contribution in [0.2, 0.25) is 0 Å². The van der Waals surface area contributed by atoms with Gasteiger partial charge in [0.05, 0.1) is 11.4 Å². The molecule has 2 unspecified atom stereocenters. The Bertz CT molecular complexity index is 704. The van der Waals surface area contributed by atoms with E-state index in [-0.39, 0.29) is 5.91 Å². The molecule has 2 aromatic rings. The van der Waals surface area contributed by atoms with Crippen LogP contribution in [0.15, 0.2) is 34.9 Å². The third-order valence-electron chi connectivity index (χ3n) is 3.12. The van der Waals surface area contributed by atoms with Gasteiger partial charge in [-0.2, -0.15) is 0 Å². The van der Waals surface area contributed by atoms with Crippen LogP contribution in [0.1, 0.15) is 11.5 Å². The van der Waals surface area contributed by atoms with Crippen molar-refractivity contribution >= 4 is 50.2 Å². The number of imide groups is 1. The first kappa shape index (κ1) is 12.6. The Morgan fingerprint density at radius 1 is 1.26 bits per heavy atom. The van der Waals surface area contributed by atoms with Gasteiger partial charge in [0.1, 0.15) is 5.38 Å². The summed E-state index contributed by atoms with van der Waals surface area (Å²) in [7, 11) is 0. The maximum atomic E-state index is 11.9. The van der Waals surface area contributed by atoms with Crippen LogP contribution in [0.3, 0.4) is 0 Å². The van der Waals surface area contributed by atoms with Crippen LogP contribution in [0.25, 0.3) is 10.9 Å². The zero-order valence-corrected chi connectivity index (χ0v) is 11.9. The number of hydrogen-bond donors (Lipinski definition) is 1. The van der Waals surface area contributed by atoms with E-state index in [1.54, 1.807) is 12.3 Å². The maximum Gasteiger partial charge on any atom is 0.245 e. The van der Waals surface area contributed by atoms with Gasteiger partial charge in [0.2, 0.25) is 11.8 Å². The third-order valence-corrected chi connectivity index (χ3v) is 4.00. The Labute approximate surface area is 122 Å². The van der Waals surface area contributed by atoms with Crippen molar-refractivity contribution in [3.63, 3.8) is 0 Å². The fourth-order valence-electron chi connectivity index (χ4n) is 2.26. The molecule has 4 nitrogen and oxygen atoms in total. The topological polar surface area (TPSA) is 59.1 Å². The summed E-state index contributed by atoms with van der Waals surface area (Å²) in [6.45, 7) is 0. The highest BCUT2D eigenvalue weighted by Gasteiger charge is 2.42. The van der Waals surface area contributed by atoms with E-state index < -0.39 is 17.2 Å². The molecule has 6 heteroatoms. The highest BCUT2D eigenvalue weighted by Crippen LogP contribution is 2.33.